The smallest absolute Gasteiger partial charge is 0.253 e. The van der Waals surface area contributed by atoms with Gasteiger partial charge in [-0.3, -0.25) is 9.69 Å². The monoisotopic (exact) mass is 301 g/mol. The van der Waals surface area contributed by atoms with Gasteiger partial charge in [0.15, 0.2) is 0 Å². The second-order valence-corrected chi connectivity index (χ2v) is 5.38. The number of rotatable bonds is 6. The molecule has 1 aliphatic rings. The molecule has 0 N–H and O–H groups in total. The van der Waals surface area contributed by atoms with Crippen LogP contribution in [0.2, 0.25) is 0 Å². The van der Waals surface area contributed by atoms with E-state index in [1.165, 1.54) is 0 Å². The third-order valence-corrected chi connectivity index (χ3v) is 3.91. The van der Waals surface area contributed by atoms with Crippen LogP contribution in [0.25, 0.3) is 0 Å². The molecule has 0 bridgehead atoms. The lowest BCUT2D eigenvalue weighted by molar-refractivity contribution is 0.0358. The minimum atomic E-state index is 0.00146. The fourth-order valence-corrected chi connectivity index (χ4v) is 2.62. The van der Waals surface area contributed by atoms with Crippen molar-refractivity contribution in [2.24, 2.45) is 0 Å². The maximum absolute atomic E-state index is 12.5. The summed E-state index contributed by atoms with van der Waals surface area (Å²) < 4.78 is 5.33. The molecule has 0 aromatic heterocycles. The fourth-order valence-electron chi connectivity index (χ4n) is 2.62. The van der Waals surface area contributed by atoms with Gasteiger partial charge in [-0.05, 0) is 31.5 Å². The van der Waals surface area contributed by atoms with Crippen LogP contribution in [0.4, 0.5) is 0 Å². The average molecular weight is 301 g/mol. The summed E-state index contributed by atoms with van der Waals surface area (Å²) >= 11 is 0. The van der Waals surface area contributed by atoms with Crippen LogP contribution in [0.1, 0.15) is 29.3 Å². The highest BCUT2D eigenvalue weighted by molar-refractivity contribution is 5.94. The van der Waals surface area contributed by atoms with Crippen molar-refractivity contribution >= 4 is 5.91 Å². The Morgan fingerprint density at radius 2 is 2.18 bits per heavy atom. The summed E-state index contributed by atoms with van der Waals surface area (Å²) in [5.41, 5.74) is 1.11. The first kappa shape index (κ1) is 16.5. The topological polar surface area (TPSA) is 56.6 Å². The predicted molar refractivity (Wildman–Crippen MR) is 84.6 cm³/mol. The lowest BCUT2D eigenvalue weighted by atomic mass is 10.1. The van der Waals surface area contributed by atoms with Gasteiger partial charge >= 0.3 is 0 Å². The van der Waals surface area contributed by atoms with Crippen LogP contribution in [0.15, 0.2) is 24.3 Å². The molecule has 0 saturated carbocycles. The molecule has 1 saturated heterocycles. The summed E-state index contributed by atoms with van der Waals surface area (Å²) in [6.45, 7) is 7.96. The molecule has 2 rings (SSSR count). The summed E-state index contributed by atoms with van der Waals surface area (Å²) in [5, 5.41) is 8.93. The largest absolute Gasteiger partial charge is 0.379 e. The summed E-state index contributed by atoms with van der Waals surface area (Å²) in [6.07, 6.45) is 0.956. The number of morpholine rings is 1. The van der Waals surface area contributed by atoms with E-state index in [0.717, 1.165) is 45.8 Å². The zero-order valence-electron chi connectivity index (χ0n) is 13.1. The molecular weight excluding hydrogens is 278 g/mol. The summed E-state index contributed by atoms with van der Waals surface area (Å²) in [4.78, 5) is 16.7. The Hall–Kier alpha value is -1.90. The first-order chi connectivity index (χ1) is 10.7. The highest BCUT2D eigenvalue weighted by Crippen LogP contribution is 2.09. The number of carbonyl (C=O) groups is 1. The number of carbonyl (C=O) groups excluding carboxylic acids is 1. The molecule has 1 aromatic rings. The lowest BCUT2D eigenvalue weighted by Crippen LogP contribution is -2.39. The number of amides is 1. The Kier molecular flexibility index (Phi) is 6.38. The number of nitriles is 1. The molecule has 1 amide bonds. The highest BCUT2D eigenvalue weighted by Gasteiger charge is 2.15. The molecule has 118 valence electrons. The maximum atomic E-state index is 12.5. The molecule has 0 unspecified atom stereocenters. The number of benzene rings is 1. The summed E-state index contributed by atoms with van der Waals surface area (Å²) in [7, 11) is 0. The molecule has 22 heavy (non-hydrogen) atoms. The van der Waals surface area contributed by atoms with Gasteiger partial charge in [0, 0.05) is 38.3 Å². The van der Waals surface area contributed by atoms with Crippen molar-refractivity contribution in [1.82, 2.24) is 9.80 Å². The molecule has 1 heterocycles. The van der Waals surface area contributed by atoms with Gasteiger partial charge in [-0.2, -0.15) is 5.26 Å². The fraction of sp³-hybridized carbons (Fsp3) is 0.529. The van der Waals surface area contributed by atoms with E-state index >= 15 is 0 Å². The molecule has 1 aliphatic heterocycles. The maximum Gasteiger partial charge on any atom is 0.253 e. The van der Waals surface area contributed by atoms with Gasteiger partial charge in [-0.15, -0.1) is 0 Å². The van der Waals surface area contributed by atoms with Crippen LogP contribution in [0.3, 0.4) is 0 Å². The molecule has 0 atom stereocenters. The minimum Gasteiger partial charge on any atom is -0.379 e. The molecule has 0 radical (unpaired) electrons. The van der Waals surface area contributed by atoms with Crippen LogP contribution >= 0.6 is 0 Å². The third kappa shape index (κ3) is 4.55. The van der Waals surface area contributed by atoms with E-state index in [9.17, 15) is 4.79 Å². The molecule has 1 aromatic carbocycles. The first-order valence-corrected chi connectivity index (χ1v) is 7.84. The van der Waals surface area contributed by atoms with Crippen LogP contribution in [0, 0.1) is 11.3 Å². The summed E-state index contributed by atoms with van der Waals surface area (Å²) in [5.74, 6) is 0.00146. The lowest BCUT2D eigenvalue weighted by Gasteiger charge is -2.28. The Morgan fingerprint density at radius 3 is 2.86 bits per heavy atom. The molecule has 1 fully saturated rings. The molecule has 0 aliphatic carbocycles. The first-order valence-electron chi connectivity index (χ1n) is 7.84. The minimum absolute atomic E-state index is 0.00146. The van der Waals surface area contributed by atoms with Gasteiger partial charge in [-0.25, -0.2) is 0 Å². The molecule has 0 spiro atoms. The second kappa shape index (κ2) is 8.52. The molecular formula is C17H23N3O2. The Labute approximate surface area is 132 Å². The number of hydrogen-bond donors (Lipinski definition) is 0. The van der Waals surface area contributed by atoms with Crippen molar-refractivity contribution in [3.63, 3.8) is 0 Å². The van der Waals surface area contributed by atoms with Gasteiger partial charge in [0.2, 0.25) is 0 Å². The zero-order valence-corrected chi connectivity index (χ0v) is 13.1. The van der Waals surface area contributed by atoms with Gasteiger partial charge in [0.25, 0.3) is 5.91 Å². The van der Waals surface area contributed by atoms with Gasteiger partial charge in [0.1, 0.15) is 0 Å². The third-order valence-electron chi connectivity index (χ3n) is 3.91. The standard InChI is InChI=1S/C17H23N3O2/c1-2-20(8-4-7-19-9-11-22-12-10-19)17(21)16-6-3-5-15(13-16)14-18/h3,5-6,13H,2,4,7-12H2,1H3. The Morgan fingerprint density at radius 1 is 1.41 bits per heavy atom. The van der Waals surface area contributed by atoms with Crippen LogP contribution < -0.4 is 0 Å². The van der Waals surface area contributed by atoms with Crippen molar-refractivity contribution in [3.8, 4) is 6.07 Å². The van der Waals surface area contributed by atoms with E-state index in [-0.39, 0.29) is 5.91 Å². The van der Waals surface area contributed by atoms with Gasteiger partial charge in [0.05, 0.1) is 24.8 Å². The number of ether oxygens (including phenoxy) is 1. The predicted octanol–water partition coefficient (Wildman–Crippen LogP) is 1.74. The van der Waals surface area contributed by atoms with Crippen molar-refractivity contribution in [2.45, 2.75) is 13.3 Å². The highest BCUT2D eigenvalue weighted by atomic mass is 16.5. The SMILES string of the molecule is CCN(CCCN1CCOCC1)C(=O)c1cccc(C#N)c1. The number of hydrogen-bond acceptors (Lipinski definition) is 4. The van der Waals surface area contributed by atoms with E-state index in [0.29, 0.717) is 17.7 Å². The van der Waals surface area contributed by atoms with Crippen LogP contribution in [-0.2, 0) is 4.74 Å². The van der Waals surface area contributed by atoms with Crippen molar-refractivity contribution in [2.75, 3.05) is 45.9 Å². The van der Waals surface area contributed by atoms with Gasteiger partial charge < -0.3 is 9.64 Å². The van der Waals surface area contributed by atoms with E-state index in [2.05, 4.69) is 11.0 Å². The van der Waals surface area contributed by atoms with Crippen molar-refractivity contribution in [3.05, 3.63) is 35.4 Å². The number of nitrogens with zero attached hydrogens (tertiary/aromatic N) is 3. The zero-order chi connectivity index (χ0) is 15.8. The molecule has 5 nitrogen and oxygen atoms in total. The van der Waals surface area contributed by atoms with E-state index < -0.39 is 0 Å². The van der Waals surface area contributed by atoms with Gasteiger partial charge in [-0.1, -0.05) is 6.07 Å². The second-order valence-electron chi connectivity index (χ2n) is 5.38. The average Bonchev–Trinajstić information content (AvgIpc) is 2.59. The Balaban J connectivity index is 1.87. The van der Waals surface area contributed by atoms with Crippen molar-refractivity contribution < 1.29 is 9.53 Å². The van der Waals surface area contributed by atoms with Crippen molar-refractivity contribution in [1.29, 1.82) is 5.26 Å². The Bertz CT molecular complexity index is 533. The molecule has 5 heteroatoms. The van der Waals surface area contributed by atoms with E-state index in [4.69, 9.17) is 10.00 Å². The van der Waals surface area contributed by atoms with Crippen LogP contribution in [0.5, 0.6) is 0 Å². The van der Waals surface area contributed by atoms with Crippen LogP contribution in [-0.4, -0.2) is 61.6 Å². The van der Waals surface area contributed by atoms with E-state index in [1.807, 2.05) is 11.8 Å². The summed E-state index contributed by atoms with van der Waals surface area (Å²) in [6, 6.07) is 8.98. The van der Waals surface area contributed by atoms with E-state index in [1.54, 1.807) is 24.3 Å². The normalized spacial score (nSPS) is 15.3. The quantitative estimate of drug-likeness (QED) is 0.803.